The molecule has 0 aliphatic carbocycles. The third kappa shape index (κ3) is 3.51. The Hall–Kier alpha value is -2.79. The number of para-hydroxylation sites is 1. The summed E-state index contributed by atoms with van der Waals surface area (Å²) in [6.07, 6.45) is -5.33. The SMILES string of the molecule is COc1cccc([C@@H]2NC(=O)N[C@](O)(C(F)(F)F)[C@@H]2C(=O)c2cccs2)c1OC. The molecule has 2 aromatic rings. The van der Waals surface area contributed by atoms with E-state index in [1.165, 1.54) is 55.2 Å². The highest BCUT2D eigenvalue weighted by molar-refractivity contribution is 7.12. The summed E-state index contributed by atoms with van der Waals surface area (Å²) in [4.78, 5) is 25.1. The normalized spacial score (nSPS) is 24.4. The molecule has 1 aliphatic heterocycles. The predicted octanol–water partition coefficient (Wildman–Crippen LogP) is 2.87. The van der Waals surface area contributed by atoms with Gasteiger partial charge in [-0.1, -0.05) is 18.2 Å². The van der Waals surface area contributed by atoms with E-state index in [2.05, 4.69) is 5.32 Å². The van der Waals surface area contributed by atoms with Crippen molar-refractivity contribution in [1.29, 1.82) is 0 Å². The van der Waals surface area contributed by atoms with Crippen LogP contribution < -0.4 is 20.1 Å². The Kier molecular flexibility index (Phi) is 5.46. The number of benzene rings is 1. The molecule has 3 rings (SSSR count). The zero-order valence-corrected chi connectivity index (χ0v) is 16.1. The average molecular weight is 430 g/mol. The fraction of sp³-hybridized carbons (Fsp3) is 0.333. The van der Waals surface area contributed by atoms with Crippen molar-refractivity contribution in [2.45, 2.75) is 17.9 Å². The van der Waals surface area contributed by atoms with Gasteiger partial charge in [0.05, 0.1) is 25.1 Å². The quantitative estimate of drug-likeness (QED) is 0.634. The Morgan fingerprint density at radius 2 is 1.93 bits per heavy atom. The highest BCUT2D eigenvalue weighted by Gasteiger charge is 2.66. The number of thiophene rings is 1. The van der Waals surface area contributed by atoms with Crippen molar-refractivity contribution in [2.24, 2.45) is 5.92 Å². The summed E-state index contributed by atoms with van der Waals surface area (Å²) >= 11 is 0.927. The van der Waals surface area contributed by atoms with Crippen molar-refractivity contribution in [3.63, 3.8) is 0 Å². The standard InChI is InChI=1S/C18H17F3N2O5S/c1-27-10-6-3-5-9(15(10)28-2)13-12(14(24)11-7-4-8-29-11)17(26,18(19,20)21)23-16(25)22-13/h3-8,12-13,26H,1-2H3,(H2,22,23,25)/t12-,13-,17+/m0/s1. The maximum absolute atomic E-state index is 13.9. The lowest BCUT2D eigenvalue weighted by Gasteiger charge is -2.45. The second kappa shape index (κ2) is 7.56. The van der Waals surface area contributed by atoms with E-state index in [0.29, 0.717) is 0 Å². The maximum Gasteiger partial charge on any atom is 0.437 e. The number of ketones is 1. The number of hydrogen-bond donors (Lipinski definition) is 3. The largest absolute Gasteiger partial charge is 0.493 e. The van der Waals surface area contributed by atoms with Gasteiger partial charge >= 0.3 is 12.2 Å². The maximum atomic E-state index is 13.9. The lowest BCUT2D eigenvalue weighted by atomic mass is 9.78. The summed E-state index contributed by atoms with van der Waals surface area (Å²) < 4.78 is 52.0. The molecule has 0 bridgehead atoms. The van der Waals surface area contributed by atoms with Gasteiger partial charge in [-0.3, -0.25) is 4.79 Å². The number of methoxy groups -OCH3 is 2. The molecular formula is C18H17F3N2O5S. The number of Topliss-reactive ketones (excluding diaryl/α,β-unsaturated/α-hetero) is 1. The molecule has 0 radical (unpaired) electrons. The summed E-state index contributed by atoms with van der Waals surface area (Å²) in [5.74, 6) is -2.88. The van der Waals surface area contributed by atoms with Crippen LogP contribution in [0.5, 0.6) is 11.5 Å². The van der Waals surface area contributed by atoms with E-state index in [0.717, 1.165) is 11.3 Å². The first-order chi connectivity index (χ1) is 13.6. The number of ether oxygens (including phenoxy) is 2. The minimum Gasteiger partial charge on any atom is -0.493 e. The van der Waals surface area contributed by atoms with Gasteiger partial charge in [-0.2, -0.15) is 13.2 Å². The third-order valence-electron chi connectivity index (χ3n) is 4.62. The van der Waals surface area contributed by atoms with Crippen LogP contribution in [0.3, 0.4) is 0 Å². The van der Waals surface area contributed by atoms with Gasteiger partial charge in [-0.05, 0) is 17.5 Å². The monoisotopic (exact) mass is 430 g/mol. The number of carbonyl (C=O) groups excluding carboxylic acids is 2. The number of nitrogens with one attached hydrogen (secondary N) is 2. The molecule has 2 heterocycles. The van der Waals surface area contributed by atoms with Crippen molar-refractivity contribution < 1.29 is 37.3 Å². The molecule has 7 nitrogen and oxygen atoms in total. The predicted molar refractivity (Wildman–Crippen MR) is 97.1 cm³/mol. The highest BCUT2D eigenvalue weighted by atomic mass is 32.1. The molecule has 1 aromatic carbocycles. The first-order valence-electron chi connectivity index (χ1n) is 8.30. The van der Waals surface area contributed by atoms with E-state index in [1.54, 1.807) is 0 Å². The number of alkyl halides is 3. The molecule has 1 saturated heterocycles. The molecule has 1 fully saturated rings. The number of halogens is 3. The van der Waals surface area contributed by atoms with E-state index in [4.69, 9.17) is 9.47 Å². The average Bonchev–Trinajstić information content (AvgIpc) is 3.20. The summed E-state index contributed by atoms with van der Waals surface area (Å²) in [7, 11) is 2.61. The van der Waals surface area contributed by atoms with Crippen LogP contribution in [0, 0.1) is 5.92 Å². The van der Waals surface area contributed by atoms with Crippen LogP contribution in [0.2, 0.25) is 0 Å². The van der Waals surface area contributed by atoms with Gasteiger partial charge in [-0.15, -0.1) is 11.3 Å². The van der Waals surface area contributed by atoms with E-state index >= 15 is 0 Å². The highest BCUT2D eigenvalue weighted by Crippen LogP contribution is 2.47. The number of hydrogen-bond acceptors (Lipinski definition) is 6. The minimum absolute atomic E-state index is 0.00230. The van der Waals surface area contributed by atoms with Crippen molar-refractivity contribution in [2.75, 3.05) is 14.2 Å². The topological polar surface area (TPSA) is 96.9 Å². The van der Waals surface area contributed by atoms with Crippen LogP contribution >= 0.6 is 11.3 Å². The van der Waals surface area contributed by atoms with Gasteiger partial charge in [0.15, 0.2) is 17.3 Å². The lowest BCUT2D eigenvalue weighted by Crippen LogP contribution is -2.72. The summed E-state index contributed by atoms with van der Waals surface area (Å²) in [6.45, 7) is 0. The molecule has 0 unspecified atom stereocenters. The number of urea groups is 1. The molecule has 0 spiro atoms. The summed E-state index contributed by atoms with van der Waals surface area (Å²) in [5.41, 5.74) is -3.74. The van der Waals surface area contributed by atoms with E-state index in [-0.39, 0.29) is 21.9 Å². The van der Waals surface area contributed by atoms with Gasteiger partial charge in [0, 0.05) is 5.56 Å². The van der Waals surface area contributed by atoms with Gasteiger partial charge in [-0.25, -0.2) is 4.79 Å². The third-order valence-corrected chi connectivity index (χ3v) is 5.51. The van der Waals surface area contributed by atoms with E-state index < -0.39 is 35.7 Å². The Balaban J connectivity index is 2.23. The van der Waals surface area contributed by atoms with E-state index in [1.807, 2.05) is 0 Å². The molecule has 29 heavy (non-hydrogen) atoms. The Bertz CT molecular complexity index is 919. The molecule has 156 valence electrons. The molecule has 2 amide bonds. The zero-order chi connectivity index (χ0) is 21.4. The van der Waals surface area contributed by atoms with Gasteiger partial charge in [0.1, 0.15) is 5.92 Å². The Morgan fingerprint density at radius 1 is 1.21 bits per heavy atom. The lowest BCUT2D eigenvalue weighted by molar-refractivity contribution is -0.287. The van der Waals surface area contributed by atoms with Crippen LogP contribution in [-0.2, 0) is 0 Å². The smallest absolute Gasteiger partial charge is 0.437 e. The first kappa shape index (κ1) is 20.9. The number of rotatable bonds is 5. The van der Waals surface area contributed by atoms with E-state index in [9.17, 15) is 27.9 Å². The first-order valence-corrected chi connectivity index (χ1v) is 9.18. The zero-order valence-electron chi connectivity index (χ0n) is 15.2. The van der Waals surface area contributed by atoms with Crippen LogP contribution in [0.4, 0.5) is 18.0 Å². The second-order valence-corrected chi connectivity index (χ2v) is 7.19. The van der Waals surface area contributed by atoms with Gasteiger partial charge in [0.25, 0.3) is 0 Å². The molecule has 11 heteroatoms. The molecule has 1 aromatic heterocycles. The Morgan fingerprint density at radius 3 is 2.48 bits per heavy atom. The van der Waals surface area contributed by atoms with Crippen LogP contribution in [0.1, 0.15) is 21.3 Å². The minimum atomic E-state index is -5.33. The fourth-order valence-electron chi connectivity index (χ4n) is 3.33. The van der Waals surface area contributed by atoms with Crippen LogP contribution in [0.25, 0.3) is 0 Å². The molecule has 1 aliphatic rings. The van der Waals surface area contributed by atoms with Crippen molar-refractivity contribution >= 4 is 23.2 Å². The van der Waals surface area contributed by atoms with Crippen molar-refractivity contribution in [1.82, 2.24) is 10.6 Å². The van der Waals surface area contributed by atoms with Crippen molar-refractivity contribution in [3.8, 4) is 11.5 Å². The number of aliphatic hydroxyl groups is 1. The summed E-state index contributed by atoms with van der Waals surface area (Å²) in [6, 6.07) is 4.40. The molecule has 3 N–H and O–H groups in total. The number of amides is 2. The van der Waals surface area contributed by atoms with Gasteiger partial charge < -0.3 is 25.2 Å². The molecule has 3 atom stereocenters. The summed E-state index contributed by atoms with van der Waals surface area (Å²) in [5, 5.41) is 15.9. The Labute approximate surface area is 167 Å². The van der Waals surface area contributed by atoms with Crippen LogP contribution in [0.15, 0.2) is 35.7 Å². The molecule has 0 saturated carbocycles. The second-order valence-electron chi connectivity index (χ2n) is 6.24. The fourth-order valence-corrected chi connectivity index (χ4v) is 4.03. The van der Waals surface area contributed by atoms with Gasteiger partial charge in [0.2, 0.25) is 5.72 Å². The number of carbonyl (C=O) groups is 2. The molecular weight excluding hydrogens is 413 g/mol. The van der Waals surface area contributed by atoms with Crippen LogP contribution in [-0.4, -0.2) is 43.0 Å². The van der Waals surface area contributed by atoms with Crippen molar-refractivity contribution in [3.05, 3.63) is 46.2 Å².